The molecular formula is C12H9N3O3. The number of benzene rings is 1. The van der Waals surface area contributed by atoms with Crippen molar-refractivity contribution >= 4 is 17.0 Å². The zero-order chi connectivity index (χ0) is 12.5. The lowest BCUT2D eigenvalue weighted by atomic mass is 10.2. The third kappa shape index (κ3) is 1.64. The van der Waals surface area contributed by atoms with Gasteiger partial charge in [0.15, 0.2) is 0 Å². The fourth-order valence-corrected chi connectivity index (χ4v) is 1.86. The lowest BCUT2D eigenvalue weighted by molar-refractivity contribution is 0.0698. The number of furan rings is 1. The van der Waals surface area contributed by atoms with E-state index in [0.29, 0.717) is 23.3 Å². The van der Waals surface area contributed by atoms with Gasteiger partial charge in [-0.05, 0) is 24.3 Å². The molecule has 0 atom stereocenters. The highest BCUT2D eigenvalue weighted by Crippen LogP contribution is 2.17. The molecule has 0 saturated carbocycles. The molecule has 0 fully saturated rings. The Labute approximate surface area is 101 Å². The van der Waals surface area contributed by atoms with Gasteiger partial charge in [-0.25, -0.2) is 9.48 Å². The molecule has 1 N–H and O–H groups in total. The van der Waals surface area contributed by atoms with Crippen LogP contribution < -0.4 is 0 Å². The number of aromatic nitrogens is 3. The second-order valence-corrected chi connectivity index (χ2v) is 3.80. The molecule has 0 radical (unpaired) electrons. The van der Waals surface area contributed by atoms with Crippen LogP contribution in [0, 0.1) is 0 Å². The van der Waals surface area contributed by atoms with Crippen LogP contribution in [-0.2, 0) is 6.54 Å². The first-order chi connectivity index (χ1) is 8.75. The van der Waals surface area contributed by atoms with E-state index in [0.717, 1.165) is 0 Å². The number of para-hydroxylation sites is 1. The minimum atomic E-state index is -0.997. The number of aromatic carboxylic acids is 1. The highest BCUT2D eigenvalue weighted by atomic mass is 16.4. The molecule has 0 aliphatic rings. The maximum absolute atomic E-state index is 11.2. The summed E-state index contributed by atoms with van der Waals surface area (Å²) in [6, 6.07) is 8.49. The third-order valence-corrected chi connectivity index (χ3v) is 2.65. The van der Waals surface area contributed by atoms with Crippen molar-refractivity contribution in [3.63, 3.8) is 0 Å². The van der Waals surface area contributed by atoms with Crippen molar-refractivity contribution in [3.05, 3.63) is 47.9 Å². The number of carbonyl (C=O) groups is 1. The van der Waals surface area contributed by atoms with E-state index in [-0.39, 0.29) is 5.56 Å². The van der Waals surface area contributed by atoms with Gasteiger partial charge < -0.3 is 9.52 Å². The van der Waals surface area contributed by atoms with Crippen molar-refractivity contribution in [1.82, 2.24) is 15.0 Å². The average Bonchev–Trinajstić information content (AvgIpc) is 2.99. The van der Waals surface area contributed by atoms with Gasteiger partial charge in [-0.1, -0.05) is 11.3 Å². The Hall–Kier alpha value is -2.63. The number of rotatable bonds is 3. The normalized spacial score (nSPS) is 10.9. The molecule has 3 rings (SSSR count). The van der Waals surface area contributed by atoms with Crippen LogP contribution in [0.15, 0.2) is 41.0 Å². The van der Waals surface area contributed by atoms with Crippen LogP contribution in [0.5, 0.6) is 0 Å². The summed E-state index contributed by atoms with van der Waals surface area (Å²) in [6.45, 7) is 0.355. The summed E-state index contributed by atoms with van der Waals surface area (Å²) in [5.41, 5.74) is 1.24. The quantitative estimate of drug-likeness (QED) is 0.758. The van der Waals surface area contributed by atoms with Gasteiger partial charge in [0, 0.05) is 0 Å². The second-order valence-electron chi connectivity index (χ2n) is 3.80. The maximum Gasteiger partial charge on any atom is 0.337 e. The van der Waals surface area contributed by atoms with Crippen molar-refractivity contribution in [2.24, 2.45) is 0 Å². The van der Waals surface area contributed by atoms with Crippen molar-refractivity contribution in [3.8, 4) is 0 Å². The van der Waals surface area contributed by atoms with Gasteiger partial charge >= 0.3 is 5.97 Å². The van der Waals surface area contributed by atoms with E-state index in [1.54, 1.807) is 30.5 Å². The first-order valence-electron chi connectivity index (χ1n) is 5.33. The number of fused-ring (bicyclic) bond motifs is 1. The van der Waals surface area contributed by atoms with Crippen LogP contribution >= 0.6 is 0 Å². The number of hydrogen-bond donors (Lipinski definition) is 1. The maximum atomic E-state index is 11.2. The zero-order valence-corrected chi connectivity index (χ0v) is 9.28. The number of hydrogen-bond acceptors (Lipinski definition) is 4. The topological polar surface area (TPSA) is 81.1 Å². The lowest BCUT2D eigenvalue weighted by Crippen LogP contribution is -2.05. The van der Waals surface area contributed by atoms with E-state index in [1.165, 1.54) is 10.7 Å². The first kappa shape index (κ1) is 10.5. The van der Waals surface area contributed by atoms with Crippen molar-refractivity contribution in [2.75, 3.05) is 0 Å². The summed E-state index contributed by atoms with van der Waals surface area (Å²) >= 11 is 0. The van der Waals surface area contributed by atoms with Gasteiger partial charge in [-0.15, -0.1) is 5.10 Å². The number of nitrogens with zero attached hydrogens (tertiary/aromatic N) is 3. The molecule has 0 aliphatic heterocycles. The summed E-state index contributed by atoms with van der Waals surface area (Å²) in [5, 5.41) is 17.1. The fraction of sp³-hybridized carbons (Fsp3) is 0.0833. The van der Waals surface area contributed by atoms with Gasteiger partial charge in [0.25, 0.3) is 0 Å². The minimum absolute atomic E-state index is 0.184. The molecule has 2 aromatic heterocycles. The highest BCUT2D eigenvalue weighted by molar-refractivity contribution is 6.00. The summed E-state index contributed by atoms with van der Waals surface area (Å²) in [5.74, 6) is -0.300. The molecule has 90 valence electrons. The largest absolute Gasteiger partial charge is 0.478 e. The number of carboxylic acid groups (broad SMARTS) is 1. The van der Waals surface area contributed by atoms with Crippen LogP contribution in [-0.4, -0.2) is 26.1 Å². The van der Waals surface area contributed by atoms with Gasteiger partial charge in [0.2, 0.25) is 0 Å². The van der Waals surface area contributed by atoms with Crippen LogP contribution in [0.25, 0.3) is 11.0 Å². The molecule has 0 bridgehead atoms. The molecule has 2 heterocycles. The Kier molecular flexibility index (Phi) is 2.33. The minimum Gasteiger partial charge on any atom is -0.478 e. The van der Waals surface area contributed by atoms with Gasteiger partial charge in [0.05, 0.1) is 11.8 Å². The molecule has 0 amide bonds. The molecule has 3 aromatic rings. The van der Waals surface area contributed by atoms with Crippen molar-refractivity contribution in [2.45, 2.75) is 6.54 Å². The van der Waals surface area contributed by atoms with E-state index in [9.17, 15) is 4.79 Å². The van der Waals surface area contributed by atoms with E-state index in [4.69, 9.17) is 9.52 Å². The summed E-state index contributed by atoms with van der Waals surface area (Å²) < 4.78 is 6.75. The molecule has 1 aromatic carbocycles. The molecule has 0 aliphatic carbocycles. The molecule has 0 spiro atoms. The Morgan fingerprint density at radius 3 is 2.94 bits per heavy atom. The predicted molar refractivity (Wildman–Crippen MR) is 62.3 cm³/mol. The fourth-order valence-electron chi connectivity index (χ4n) is 1.86. The van der Waals surface area contributed by atoms with E-state index >= 15 is 0 Å². The van der Waals surface area contributed by atoms with Gasteiger partial charge in [0.1, 0.15) is 23.3 Å². The molecule has 18 heavy (non-hydrogen) atoms. The van der Waals surface area contributed by atoms with Crippen LogP contribution in [0.3, 0.4) is 0 Å². The molecule has 6 nitrogen and oxygen atoms in total. The highest BCUT2D eigenvalue weighted by Gasteiger charge is 2.15. The Morgan fingerprint density at radius 2 is 2.22 bits per heavy atom. The third-order valence-electron chi connectivity index (χ3n) is 2.65. The van der Waals surface area contributed by atoms with Crippen LogP contribution in [0.4, 0.5) is 0 Å². The van der Waals surface area contributed by atoms with Crippen LogP contribution in [0.2, 0.25) is 0 Å². The smallest absolute Gasteiger partial charge is 0.337 e. The summed E-state index contributed by atoms with van der Waals surface area (Å²) in [7, 11) is 0. The van der Waals surface area contributed by atoms with Gasteiger partial charge in [-0.2, -0.15) is 0 Å². The Morgan fingerprint density at radius 1 is 1.33 bits per heavy atom. The SMILES string of the molecule is O=C(O)c1cccc2nnn(Cc3ccco3)c12. The average molecular weight is 243 g/mol. The van der Waals surface area contributed by atoms with E-state index in [1.807, 2.05) is 0 Å². The molecular weight excluding hydrogens is 234 g/mol. The van der Waals surface area contributed by atoms with Gasteiger partial charge in [-0.3, -0.25) is 0 Å². The monoisotopic (exact) mass is 243 g/mol. The van der Waals surface area contributed by atoms with E-state index < -0.39 is 5.97 Å². The molecule has 0 unspecified atom stereocenters. The first-order valence-corrected chi connectivity index (χ1v) is 5.33. The molecule has 6 heteroatoms. The Bertz CT molecular complexity index is 701. The van der Waals surface area contributed by atoms with Crippen molar-refractivity contribution < 1.29 is 14.3 Å². The summed E-state index contributed by atoms with van der Waals surface area (Å²) in [4.78, 5) is 11.2. The number of carboxylic acids is 1. The zero-order valence-electron chi connectivity index (χ0n) is 9.28. The lowest BCUT2D eigenvalue weighted by Gasteiger charge is -2.02. The molecule has 0 saturated heterocycles. The standard InChI is InChI=1S/C12H9N3O3/c16-12(17)9-4-1-5-10-11(9)15(14-13-10)7-8-3-2-6-18-8/h1-6H,7H2,(H,16,17). The Balaban J connectivity index is 2.15. The second kappa shape index (κ2) is 3.99. The van der Waals surface area contributed by atoms with E-state index in [2.05, 4.69) is 10.3 Å². The predicted octanol–water partition coefficient (Wildman–Crippen LogP) is 1.77. The van der Waals surface area contributed by atoms with Crippen molar-refractivity contribution in [1.29, 1.82) is 0 Å². The summed E-state index contributed by atoms with van der Waals surface area (Å²) in [6.07, 6.45) is 1.56. The van der Waals surface area contributed by atoms with Crippen LogP contribution in [0.1, 0.15) is 16.1 Å².